The van der Waals surface area contributed by atoms with Crippen molar-refractivity contribution in [3.8, 4) is 0 Å². The van der Waals surface area contributed by atoms with Crippen molar-refractivity contribution in [2.45, 2.75) is 13.0 Å². The summed E-state index contributed by atoms with van der Waals surface area (Å²) in [5.41, 5.74) is 1.05. The Labute approximate surface area is 166 Å². The lowest BCUT2D eigenvalue weighted by molar-refractivity contribution is -0.121. The number of carbonyl (C=O) groups excluding carboxylic acids is 2. The molecule has 0 aliphatic rings. The first-order valence-corrected chi connectivity index (χ1v) is 9.18. The van der Waals surface area contributed by atoms with Crippen LogP contribution in [0.15, 0.2) is 59.5 Å². The molecule has 8 heteroatoms. The van der Waals surface area contributed by atoms with Gasteiger partial charge in [-0.3, -0.25) is 19.1 Å². The third-order valence-electron chi connectivity index (χ3n) is 4.15. The Kier molecular flexibility index (Phi) is 6.39. The summed E-state index contributed by atoms with van der Waals surface area (Å²) in [7, 11) is 0. The number of halogens is 1. The van der Waals surface area contributed by atoms with E-state index in [1.54, 1.807) is 47.1 Å². The van der Waals surface area contributed by atoms with Gasteiger partial charge in [0, 0.05) is 35.5 Å². The molecule has 0 fully saturated rings. The van der Waals surface area contributed by atoms with Crippen molar-refractivity contribution in [2.75, 3.05) is 13.1 Å². The van der Waals surface area contributed by atoms with Crippen LogP contribution >= 0.6 is 11.6 Å². The molecule has 3 rings (SSSR count). The fraction of sp³-hybridized carbons (Fsp3) is 0.200. The van der Waals surface area contributed by atoms with Crippen LogP contribution in [0.5, 0.6) is 0 Å². The number of amides is 2. The van der Waals surface area contributed by atoms with Gasteiger partial charge in [-0.2, -0.15) is 5.10 Å². The molecule has 2 N–H and O–H groups in total. The summed E-state index contributed by atoms with van der Waals surface area (Å²) in [6.45, 7) is 0.979. The number of benzene rings is 2. The zero-order valence-electron chi connectivity index (χ0n) is 15.0. The monoisotopic (exact) mass is 398 g/mol. The fourth-order valence-electron chi connectivity index (χ4n) is 2.72. The lowest BCUT2D eigenvalue weighted by Crippen LogP contribution is -2.35. The van der Waals surface area contributed by atoms with Gasteiger partial charge < -0.3 is 10.6 Å². The van der Waals surface area contributed by atoms with Crippen molar-refractivity contribution in [3.63, 3.8) is 0 Å². The van der Waals surface area contributed by atoms with Gasteiger partial charge in [0.1, 0.15) is 0 Å². The minimum Gasteiger partial charge on any atom is -0.354 e. The smallest absolute Gasteiger partial charge is 0.251 e. The average molecular weight is 399 g/mol. The molecule has 1 aromatic heterocycles. The van der Waals surface area contributed by atoms with Crippen molar-refractivity contribution in [3.05, 3.63) is 75.5 Å². The lowest BCUT2D eigenvalue weighted by atomic mass is 10.2. The van der Waals surface area contributed by atoms with Crippen molar-refractivity contribution in [2.24, 2.45) is 0 Å². The first kappa shape index (κ1) is 19.6. The first-order chi connectivity index (χ1) is 13.5. The predicted molar refractivity (Wildman–Crippen MR) is 107 cm³/mol. The molecule has 144 valence electrons. The number of aryl methyl sites for hydroxylation is 1. The van der Waals surface area contributed by atoms with E-state index in [0.29, 0.717) is 41.1 Å². The van der Waals surface area contributed by atoms with Gasteiger partial charge in [0.25, 0.3) is 5.91 Å². The lowest BCUT2D eigenvalue weighted by Gasteiger charge is -2.10. The molecular formula is C20H19ClN4O3. The summed E-state index contributed by atoms with van der Waals surface area (Å²) in [5, 5.41) is 10.7. The SMILES string of the molecule is O=C(CCn1ncc(=O)c2ccccc21)NCCNC(=O)c1ccc(Cl)cc1. The zero-order chi connectivity index (χ0) is 19.9. The maximum Gasteiger partial charge on any atom is 0.251 e. The molecule has 0 saturated heterocycles. The van der Waals surface area contributed by atoms with Crippen molar-refractivity contribution >= 4 is 34.3 Å². The van der Waals surface area contributed by atoms with Crippen molar-refractivity contribution < 1.29 is 9.59 Å². The molecule has 2 aromatic carbocycles. The maximum atomic E-state index is 12.0. The van der Waals surface area contributed by atoms with E-state index in [1.807, 2.05) is 6.07 Å². The maximum absolute atomic E-state index is 12.0. The highest BCUT2D eigenvalue weighted by atomic mass is 35.5. The quantitative estimate of drug-likeness (QED) is 0.595. The van der Waals surface area contributed by atoms with E-state index >= 15 is 0 Å². The van der Waals surface area contributed by atoms with Crippen LogP contribution in [-0.2, 0) is 11.3 Å². The highest BCUT2D eigenvalue weighted by Crippen LogP contribution is 2.09. The van der Waals surface area contributed by atoms with Gasteiger partial charge >= 0.3 is 0 Å². The standard InChI is InChI=1S/C20H19ClN4O3/c21-15-7-5-14(6-8-15)20(28)23-11-10-22-19(27)9-12-25-17-4-2-1-3-16(17)18(26)13-24-25/h1-8,13H,9-12H2,(H,22,27)(H,23,28). The van der Waals surface area contributed by atoms with E-state index in [2.05, 4.69) is 15.7 Å². The number of nitrogens with zero attached hydrogens (tertiary/aromatic N) is 2. The number of carbonyl (C=O) groups is 2. The van der Waals surface area contributed by atoms with Crippen molar-refractivity contribution in [1.82, 2.24) is 20.4 Å². The van der Waals surface area contributed by atoms with Crippen molar-refractivity contribution in [1.29, 1.82) is 0 Å². The summed E-state index contributed by atoms with van der Waals surface area (Å²) >= 11 is 5.79. The number of fused-ring (bicyclic) bond motifs is 1. The topological polar surface area (TPSA) is 93.1 Å². The molecule has 0 aliphatic carbocycles. The van der Waals surface area contributed by atoms with E-state index in [4.69, 9.17) is 11.6 Å². The molecular weight excluding hydrogens is 380 g/mol. The second-order valence-electron chi connectivity index (χ2n) is 6.11. The highest BCUT2D eigenvalue weighted by molar-refractivity contribution is 6.30. The minimum absolute atomic E-state index is 0.146. The highest BCUT2D eigenvalue weighted by Gasteiger charge is 2.07. The van der Waals surface area contributed by atoms with Gasteiger partial charge in [0.15, 0.2) is 0 Å². The fourth-order valence-corrected chi connectivity index (χ4v) is 2.84. The molecule has 0 aliphatic heterocycles. The predicted octanol–water partition coefficient (Wildman–Crippen LogP) is 1.99. The molecule has 2 amide bonds. The first-order valence-electron chi connectivity index (χ1n) is 8.80. The summed E-state index contributed by atoms with van der Waals surface area (Å²) in [5.74, 6) is -0.389. The molecule has 0 unspecified atom stereocenters. The average Bonchev–Trinajstić information content (AvgIpc) is 2.71. The van der Waals surface area contributed by atoms with Gasteiger partial charge in [-0.25, -0.2) is 0 Å². The summed E-state index contributed by atoms with van der Waals surface area (Å²) < 4.78 is 1.64. The Balaban J connectivity index is 1.44. The molecule has 7 nitrogen and oxygen atoms in total. The molecule has 0 saturated carbocycles. The molecule has 1 heterocycles. The van der Waals surface area contributed by atoms with Gasteiger partial charge in [0.05, 0.1) is 18.3 Å². The van der Waals surface area contributed by atoms with Gasteiger partial charge in [0.2, 0.25) is 11.3 Å². The normalized spacial score (nSPS) is 10.6. The van der Waals surface area contributed by atoms with Gasteiger partial charge in [-0.1, -0.05) is 23.7 Å². The minimum atomic E-state index is -0.227. The van der Waals surface area contributed by atoms with Crippen LogP contribution < -0.4 is 16.1 Å². The second kappa shape index (κ2) is 9.14. The van der Waals surface area contributed by atoms with Gasteiger partial charge in [-0.15, -0.1) is 0 Å². The summed E-state index contributed by atoms with van der Waals surface area (Å²) in [6, 6.07) is 13.7. The molecule has 0 spiro atoms. The molecule has 3 aromatic rings. The third-order valence-corrected chi connectivity index (χ3v) is 4.40. The van der Waals surface area contributed by atoms with E-state index < -0.39 is 0 Å². The van der Waals surface area contributed by atoms with E-state index in [9.17, 15) is 14.4 Å². The molecule has 0 radical (unpaired) electrons. The van der Waals surface area contributed by atoms with Crippen LogP contribution in [0.1, 0.15) is 16.8 Å². The number of para-hydroxylation sites is 1. The number of hydrogen-bond acceptors (Lipinski definition) is 4. The summed E-state index contributed by atoms with van der Waals surface area (Å²) in [6.07, 6.45) is 1.47. The van der Waals surface area contributed by atoms with Crippen LogP contribution in [0.25, 0.3) is 10.9 Å². The number of aromatic nitrogens is 2. The Bertz CT molecular complexity index is 1050. The third kappa shape index (κ3) is 4.95. The summed E-state index contributed by atoms with van der Waals surface area (Å²) in [4.78, 5) is 35.8. The second-order valence-corrected chi connectivity index (χ2v) is 6.55. The Morgan fingerprint density at radius 3 is 2.50 bits per heavy atom. The van der Waals surface area contributed by atoms with E-state index in [1.165, 1.54) is 6.20 Å². The molecule has 28 heavy (non-hydrogen) atoms. The Morgan fingerprint density at radius 2 is 1.71 bits per heavy atom. The van der Waals surface area contributed by atoms with E-state index in [-0.39, 0.29) is 23.7 Å². The number of hydrogen-bond donors (Lipinski definition) is 2. The van der Waals surface area contributed by atoms with E-state index in [0.717, 1.165) is 0 Å². The van der Waals surface area contributed by atoms with Crippen LogP contribution in [0, 0.1) is 0 Å². The molecule has 0 atom stereocenters. The molecule has 0 bridgehead atoms. The number of nitrogens with one attached hydrogen (secondary N) is 2. The Morgan fingerprint density at radius 1 is 1.00 bits per heavy atom. The van der Waals surface area contributed by atoms with Gasteiger partial charge in [-0.05, 0) is 36.4 Å². The van der Waals surface area contributed by atoms with Crippen LogP contribution in [-0.4, -0.2) is 34.7 Å². The Hall–Kier alpha value is -3.19. The van der Waals surface area contributed by atoms with Crippen LogP contribution in [0.2, 0.25) is 5.02 Å². The van der Waals surface area contributed by atoms with Crippen LogP contribution in [0.3, 0.4) is 0 Å². The van der Waals surface area contributed by atoms with Crippen LogP contribution in [0.4, 0.5) is 0 Å². The largest absolute Gasteiger partial charge is 0.354 e. The zero-order valence-corrected chi connectivity index (χ0v) is 15.8. The number of rotatable bonds is 7.